The smallest absolute Gasteiger partial charge is 0.282 e. The van der Waals surface area contributed by atoms with E-state index in [-0.39, 0.29) is 10.5 Å². The number of rotatable bonds is 6. The van der Waals surface area contributed by atoms with Crippen LogP contribution >= 0.6 is 0 Å². The number of para-hydroxylation sites is 1. The molecule has 0 spiro atoms. The number of anilines is 1. The largest absolute Gasteiger partial charge is 0.379 e. The van der Waals surface area contributed by atoms with Crippen molar-refractivity contribution in [3.8, 4) is 5.69 Å². The molecule has 2 aliphatic rings. The summed E-state index contributed by atoms with van der Waals surface area (Å²) in [6.45, 7) is 9.07. The van der Waals surface area contributed by atoms with Crippen molar-refractivity contribution in [2.45, 2.75) is 38.5 Å². The number of sulfonamides is 1. The minimum Gasteiger partial charge on any atom is -0.379 e. The molecule has 2 aliphatic heterocycles. The average molecular weight is 575 g/mol. The lowest BCUT2D eigenvalue weighted by atomic mass is 10.2. The van der Waals surface area contributed by atoms with Gasteiger partial charge < -0.3 is 14.2 Å². The molecule has 0 N–H and O–H groups in total. The van der Waals surface area contributed by atoms with E-state index in [1.807, 2.05) is 44.2 Å². The summed E-state index contributed by atoms with van der Waals surface area (Å²) in [6.07, 6.45) is 3.87. The number of aryl methyl sites for hydroxylation is 2. The highest BCUT2D eigenvalue weighted by Gasteiger charge is 2.29. The lowest BCUT2D eigenvalue weighted by molar-refractivity contribution is 0.0730. The number of fused-ring (bicyclic) bond motifs is 1. The number of nitrogens with zero attached hydrogens (tertiary/aromatic N) is 6. The van der Waals surface area contributed by atoms with Gasteiger partial charge in [0.2, 0.25) is 10.0 Å². The van der Waals surface area contributed by atoms with Crippen molar-refractivity contribution in [1.29, 1.82) is 0 Å². The zero-order chi connectivity index (χ0) is 28.7. The molecule has 0 aliphatic carbocycles. The highest BCUT2D eigenvalue weighted by molar-refractivity contribution is 7.89. The molecule has 2 saturated heterocycles. The second kappa shape index (κ2) is 10.9. The van der Waals surface area contributed by atoms with Gasteiger partial charge >= 0.3 is 0 Å². The molecule has 214 valence electrons. The Balaban J connectivity index is 1.44. The van der Waals surface area contributed by atoms with Gasteiger partial charge in [0.15, 0.2) is 0 Å². The quantitative estimate of drug-likeness (QED) is 0.326. The van der Waals surface area contributed by atoms with Crippen LogP contribution in [0.25, 0.3) is 16.6 Å². The molecule has 0 atom stereocenters. The molecular weight excluding hydrogens is 540 g/mol. The fourth-order valence-corrected chi connectivity index (χ4v) is 7.21. The van der Waals surface area contributed by atoms with Gasteiger partial charge in [-0.3, -0.25) is 4.79 Å². The number of hydrogen-bond donors (Lipinski definition) is 0. The van der Waals surface area contributed by atoms with Crippen molar-refractivity contribution >= 4 is 32.8 Å². The molecule has 0 bridgehead atoms. The topological polar surface area (TPSA) is 102 Å². The molecule has 2 fully saturated rings. The van der Waals surface area contributed by atoms with Crippen LogP contribution in [0.15, 0.2) is 63.3 Å². The predicted molar refractivity (Wildman–Crippen MR) is 160 cm³/mol. The van der Waals surface area contributed by atoms with Crippen LogP contribution in [0.2, 0.25) is 0 Å². The number of benzene rings is 2. The van der Waals surface area contributed by atoms with E-state index in [9.17, 15) is 13.2 Å². The van der Waals surface area contributed by atoms with E-state index in [1.54, 1.807) is 31.3 Å². The first-order chi connectivity index (χ1) is 19.8. The van der Waals surface area contributed by atoms with E-state index in [0.717, 1.165) is 54.3 Å². The molecule has 4 heterocycles. The van der Waals surface area contributed by atoms with Gasteiger partial charge in [0.25, 0.3) is 5.56 Å². The minimum absolute atomic E-state index is 0.226. The first kappa shape index (κ1) is 27.4. The molecule has 0 saturated carbocycles. The van der Waals surface area contributed by atoms with Gasteiger partial charge in [0.05, 0.1) is 46.6 Å². The third-order valence-corrected chi connectivity index (χ3v) is 9.84. The van der Waals surface area contributed by atoms with E-state index in [2.05, 4.69) is 19.6 Å². The van der Waals surface area contributed by atoms with Gasteiger partial charge in [-0.1, -0.05) is 12.1 Å². The summed E-state index contributed by atoms with van der Waals surface area (Å²) in [5, 5.41) is 5.04. The number of hydrogen-bond acceptors (Lipinski definition) is 7. The molecule has 10 nitrogen and oxygen atoms in total. The Morgan fingerprint density at radius 2 is 1.66 bits per heavy atom. The summed E-state index contributed by atoms with van der Waals surface area (Å²) in [6, 6.07) is 14.7. The van der Waals surface area contributed by atoms with Crippen LogP contribution in [0.4, 0.5) is 5.69 Å². The summed E-state index contributed by atoms with van der Waals surface area (Å²) in [5.74, 6) is 0.496. The van der Waals surface area contributed by atoms with Crippen molar-refractivity contribution in [2.75, 3.05) is 44.3 Å². The first-order valence-corrected chi connectivity index (χ1v) is 15.4. The standard InChI is InChI=1S/C30H34N6O4S/c1-21-18-24(20-31-36-23(3)32-27-9-5-4-8-26(27)30(36)37)22(2)35(21)29-19-25(10-11-28(29)33-12-6-7-13-33)41(38,39)34-14-16-40-17-15-34/h4-5,8-11,18-20H,6-7,12-17H2,1-3H3. The van der Waals surface area contributed by atoms with E-state index in [1.165, 1.54) is 8.98 Å². The van der Waals surface area contributed by atoms with Crippen molar-refractivity contribution in [2.24, 2.45) is 5.10 Å². The van der Waals surface area contributed by atoms with Crippen LogP contribution in [0.5, 0.6) is 0 Å². The van der Waals surface area contributed by atoms with Crippen LogP contribution < -0.4 is 10.5 Å². The highest BCUT2D eigenvalue weighted by atomic mass is 32.2. The average Bonchev–Trinajstić information content (AvgIpc) is 3.61. The highest BCUT2D eigenvalue weighted by Crippen LogP contribution is 2.34. The van der Waals surface area contributed by atoms with Crippen molar-refractivity contribution in [1.82, 2.24) is 18.5 Å². The fraction of sp³-hybridized carbons (Fsp3) is 0.367. The van der Waals surface area contributed by atoms with Gasteiger partial charge in [-0.15, -0.1) is 0 Å². The summed E-state index contributed by atoms with van der Waals surface area (Å²) in [4.78, 5) is 20.3. The molecule has 0 radical (unpaired) electrons. The Hall–Kier alpha value is -3.80. The van der Waals surface area contributed by atoms with Crippen molar-refractivity contribution in [3.05, 3.63) is 81.7 Å². The summed E-state index contributed by atoms with van der Waals surface area (Å²) in [7, 11) is -3.68. The van der Waals surface area contributed by atoms with Crippen LogP contribution in [-0.2, 0) is 14.8 Å². The molecule has 6 rings (SSSR count). The fourth-order valence-electron chi connectivity index (χ4n) is 5.78. The molecule has 4 aromatic rings. The van der Waals surface area contributed by atoms with Crippen LogP contribution in [0, 0.1) is 20.8 Å². The molecule has 0 amide bonds. The van der Waals surface area contributed by atoms with Gasteiger partial charge in [0.1, 0.15) is 5.82 Å². The Bertz CT molecular complexity index is 1810. The van der Waals surface area contributed by atoms with Crippen molar-refractivity contribution < 1.29 is 13.2 Å². The van der Waals surface area contributed by atoms with Gasteiger partial charge in [-0.25, -0.2) is 13.4 Å². The Labute approximate surface area is 239 Å². The number of morpholine rings is 1. The lowest BCUT2D eigenvalue weighted by Gasteiger charge is -2.28. The second-order valence-electron chi connectivity index (χ2n) is 10.6. The molecule has 2 aromatic heterocycles. The van der Waals surface area contributed by atoms with Gasteiger partial charge in [0, 0.05) is 43.1 Å². The molecule has 0 unspecified atom stereocenters. The summed E-state index contributed by atoms with van der Waals surface area (Å²) >= 11 is 0. The maximum Gasteiger partial charge on any atom is 0.282 e. The SMILES string of the molecule is Cc1cc(C=Nn2c(C)nc3ccccc3c2=O)c(C)n1-c1cc(S(=O)(=O)N2CCOCC2)ccc1N1CCCC1. The van der Waals surface area contributed by atoms with Gasteiger partial charge in [-0.05, 0) is 70.0 Å². The Kier molecular flexibility index (Phi) is 7.27. The van der Waals surface area contributed by atoms with Crippen LogP contribution in [0.3, 0.4) is 0 Å². The normalized spacial score (nSPS) is 16.8. The monoisotopic (exact) mass is 574 g/mol. The lowest BCUT2D eigenvalue weighted by Crippen LogP contribution is -2.40. The maximum atomic E-state index is 13.6. The molecule has 11 heteroatoms. The first-order valence-electron chi connectivity index (χ1n) is 13.9. The Morgan fingerprint density at radius 1 is 0.927 bits per heavy atom. The van der Waals surface area contributed by atoms with Crippen molar-refractivity contribution in [3.63, 3.8) is 0 Å². The Morgan fingerprint density at radius 3 is 2.41 bits per heavy atom. The van der Waals surface area contributed by atoms with E-state index < -0.39 is 10.0 Å². The van der Waals surface area contributed by atoms with E-state index in [0.29, 0.717) is 43.0 Å². The van der Waals surface area contributed by atoms with E-state index >= 15 is 0 Å². The third kappa shape index (κ3) is 4.98. The zero-order valence-corrected chi connectivity index (χ0v) is 24.4. The molecule has 2 aromatic carbocycles. The van der Waals surface area contributed by atoms with Crippen LogP contribution in [-0.4, -0.2) is 72.6 Å². The van der Waals surface area contributed by atoms with Gasteiger partial charge in [-0.2, -0.15) is 14.1 Å². The number of aromatic nitrogens is 3. The third-order valence-electron chi connectivity index (χ3n) is 7.94. The molecule has 41 heavy (non-hydrogen) atoms. The van der Waals surface area contributed by atoms with Crippen LogP contribution in [0.1, 0.15) is 35.6 Å². The summed E-state index contributed by atoms with van der Waals surface area (Å²) < 4.78 is 37.4. The molecular formula is C30H34N6O4S. The number of ether oxygens (including phenoxy) is 1. The second-order valence-corrected chi connectivity index (χ2v) is 12.5. The summed E-state index contributed by atoms with van der Waals surface area (Å²) in [5.41, 5.74) is 4.89. The van der Waals surface area contributed by atoms with E-state index in [4.69, 9.17) is 4.74 Å². The predicted octanol–water partition coefficient (Wildman–Crippen LogP) is 3.62. The maximum absolute atomic E-state index is 13.6. The zero-order valence-electron chi connectivity index (χ0n) is 23.6. The minimum atomic E-state index is -3.68.